The molecule has 2 heterocycles. The van der Waals surface area contributed by atoms with Gasteiger partial charge < -0.3 is 5.32 Å². The van der Waals surface area contributed by atoms with E-state index in [0.717, 1.165) is 23.8 Å². The first kappa shape index (κ1) is 17.8. The van der Waals surface area contributed by atoms with Crippen molar-refractivity contribution in [1.82, 2.24) is 20.2 Å². The van der Waals surface area contributed by atoms with Gasteiger partial charge in [-0.2, -0.15) is 0 Å². The standard InChI is InChI=1S/C19H23ClN4O/c20-16-5-3-15(4-6-16)18(24-11-1-2-12-24)14-23-19(25)8-7-17-13-21-9-10-22-17/h3-6,9-10,13,18H,1-2,7-8,11-12,14H2,(H,23,25). The van der Waals surface area contributed by atoms with Gasteiger partial charge in [-0.1, -0.05) is 23.7 Å². The van der Waals surface area contributed by atoms with Crippen molar-refractivity contribution in [1.29, 1.82) is 0 Å². The second-order valence-corrected chi connectivity index (χ2v) is 6.75. The Hall–Kier alpha value is -1.98. The van der Waals surface area contributed by atoms with Crippen LogP contribution in [0.3, 0.4) is 0 Å². The lowest BCUT2D eigenvalue weighted by molar-refractivity contribution is -0.121. The van der Waals surface area contributed by atoms with Crippen molar-refractivity contribution in [2.75, 3.05) is 19.6 Å². The molecule has 0 saturated carbocycles. The van der Waals surface area contributed by atoms with E-state index in [0.29, 0.717) is 19.4 Å². The van der Waals surface area contributed by atoms with Crippen LogP contribution < -0.4 is 5.32 Å². The molecule has 2 aromatic rings. The van der Waals surface area contributed by atoms with Crippen LogP contribution in [0.1, 0.15) is 36.6 Å². The van der Waals surface area contributed by atoms with E-state index in [2.05, 4.69) is 32.3 Å². The topological polar surface area (TPSA) is 58.1 Å². The number of likely N-dealkylation sites (tertiary alicyclic amines) is 1. The van der Waals surface area contributed by atoms with Crippen molar-refractivity contribution in [3.63, 3.8) is 0 Å². The summed E-state index contributed by atoms with van der Waals surface area (Å²) in [7, 11) is 0. The summed E-state index contributed by atoms with van der Waals surface area (Å²) in [5.41, 5.74) is 2.03. The van der Waals surface area contributed by atoms with E-state index < -0.39 is 0 Å². The number of hydrogen-bond acceptors (Lipinski definition) is 4. The number of carbonyl (C=O) groups is 1. The van der Waals surface area contributed by atoms with Gasteiger partial charge in [0.2, 0.25) is 5.91 Å². The first-order valence-electron chi connectivity index (χ1n) is 8.73. The zero-order valence-corrected chi connectivity index (χ0v) is 15.0. The second kappa shape index (κ2) is 8.92. The van der Waals surface area contributed by atoms with Gasteiger partial charge in [0.25, 0.3) is 0 Å². The number of nitrogens with one attached hydrogen (secondary N) is 1. The number of hydrogen-bond donors (Lipinski definition) is 1. The molecule has 0 bridgehead atoms. The smallest absolute Gasteiger partial charge is 0.220 e. The molecule has 6 heteroatoms. The fourth-order valence-corrected chi connectivity index (χ4v) is 3.32. The molecule has 1 amide bonds. The Kier molecular flexibility index (Phi) is 6.36. The fraction of sp³-hybridized carbons (Fsp3) is 0.421. The molecule has 1 atom stereocenters. The highest BCUT2D eigenvalue weighted by atomic mass is 35.5. The van der Waals surface area contributed by atoms with Gasteiger partial charge in [-0.25, -0.2) is 0 Å². The lowest BCUT2D eigenvalue weighted by atomic mass is 10.1. The summed E-state index contributed by atoms with van der Waals surface area (Å²) < 4.78 is 0. The monoisotopic (exact) mass is 358 g/mol. The second-order valence-electron chi connectivity index (χ2n) is 6.31. The minimum absolute atomic E-state index is 0.0452. The number of nitrogens with zero attached hydrogens (tertiary/aromatic N) is 3. The zero-order chi connectivity index (χ0) is 17.5. The van der Waals surface area contributed by atoms with Crippen LogP contribution in [-0.4, -0.2) is 40.4 Å². The molecule has 3 rings (SSSR count). The maximum atomic E-state index is 12.2. The van der Waals surface area contributed by atoms with Crippen LogP contribution in [0, 0.1) is 0 Å². The lowest BCUT2D eigenvalue weighted by Gasteiger charge is -2.28. The SMILES string of the molecule is O=C(CCc1cnccn1)NCC(c1ccc(Cl)cc1)N1CCCC1. The van der Waals surface area contributed by atoms with Gasteiger partial charge in [0, 0.05) is 36.6 Å². The first-order valence-corrected chi connectivity index (χ1v) is 9.11. The van der Waals surface area contributed by atoms with E-state index in [-0.39, 0.29) is 11.9 Å². The van der Waals surface area contributed by atoms with E-state index in [9.17, 15) is 4.79 Å². The molecule has 1 saturated heterocycles. The third-order valence-corrected chi connectivity index (χ3v) is 4.81. The number of carbonyl (C=O) groups excluding carboxylic acids is 1. The highest BCUT2D eigenvalue weighted by molar-refractivity contribution is 6.30. The molecule has 1 unspecified atom stereocenters. The molecular formula is C19H23ClN4O. The van der Waals surface area contributed by atoms with Crippen LogP contribution in [0.25, 0.3) is 0 Å². The largest absolute Gasteiger partial charge is 0.354 e. The Balaban J connectivity index is 1.56. The average molecular weight is 359 g/mol. The van der Waals surface area contributed by atoms with Crippen molar-refractivity contribution in [2.45, 2.75) is 31.7 Å². The predicted octanol–water partition coefficient (Wildman–Crippen LogP) is 3.02. The molecule has 0 spiro atoms. The minimum Gasteiger partial charge on any atom is -0.354 e. The summed E-state index contributed by atoms with van der Waals surface area (Å²) in [5, 5.41) is 3.81. The Labute approximate surface area is 153 Å². The molecule has 1 aromatic heterocycles. The third-order valence-electron chi connectivity index (χ3n) is 4.55. The summed E-state index contributed by atoms with van der Waals surface area (Å²) >= 11 is 6.01. The molecular weight excluding hydrogens is 336 g/mol. The van der Waals surface area contributed by atoms with Gasteiger partial charge in [-0.3, -0.25) is 19.7 Å². The molecule has 25 heavy (non-hydrogen) atoms. The van der Waals surface area contributed by atoms with E-state index >= 15 is 0 Å². The van der Waals surface area contributed by atoms with Crippen LogP contribution >= 0.6 is 11.6 Å². The van der Waals surface area contributed by atoms with E-state index in [1.165, 1.54) is 18.4 Å². The summed E-state index contributed by atoms with van der Waals surface area (Å²) in [6.07, 6.45) is 8.44. The van der Waals surface area contributed by atoms with Crippen LogP contribution in [0.4, 0.5) is 0 Å². The summed E-state index contributed by atoms with van der Waals surface area (Å²) in [5.74, 6) is 0.0452. The van der Waals surface area contributed by atoms with Crippen molar-refractivity contribution >= 4 is 17.5 Å². The predicted molar refractivity (Wildman–Crippen MR) is 98.4 cm³/mol. The van der Waals surface area contributed by atoms with Gasteiger partial charge in [0.05, 0.1) is 11.7 Å². The molecule has 132 valence electrons. The minimum atomic E-state index is 0.0452. The number of rotatable bonds is 7. The molecule has 0 radical (unpaired) electrons. The van der Waals surface area contributed by atoms with Crippen LogP contribution in [0.15, 0.2) is 42.9 Å². The maximum absolute atomic E-state index is 12.2. The molecule has 1 fully saturated rings. The van der Waals surface area contributed by atoms with Gasteiger partial charge in [0.15, 0.2) is 0 Å². The van der Waals surface area contributed by atoms with Gasteiger partial charge in [-0.15, -0.1) is 0 Å². The van der Waals surface area contributed by atoms with Crippen LogP contribution in [-0.2, 0) is 11.2 Å². The summed E-state index contributed by atoms with van der Waals surface area (Å²) in [4.78, 5) is 22.9. The van der Waals surface area contributed by atoms with Crippen molar-refractivity contribution in [2.24, 2.45) is 0 Å². The van der Waals surface area contributed by atoms with Crippen LogP contribution in [0.2, 0.25) is 5.02 Å². The van der Waals surface area contributed by atoms with Gasteiger partial charge in [0.1, 0.15) is 0 Å². The normalized spacial score (nSPS) is 15.9. The zero-order valence-electron chi connectivity index (χ0n) is 14.2. The van der Waals surface area contributed by atoms with Gasteiger partial charge in [-0.05, 0) is 50.0 Å². The molecule has 5 nitrogen and oxygen atoms in total. The van der Waals surface area contributed by atoms with Crippen molar-refractivity contribution < 1.29 is 4.79 Å². The third kappa shape index (κ3) is 5.25. The molecule has 1 aliphatic heterocycles. The summed E-state index contributed by atoms with van der Waals surface area (Å²) in [6, 6.07) is 8.12. The van der Waals surface area contributed by atoms with E-state index in [4.69, 9.17) is 11.6 Å². The van der Waals surface area contributed by atoms with Crippen molar-refractivity contribution in [3.05, 3.63) is 59.1 Å². The highest BCUT2D eigenvalue weighted by Gasteiger charge is 2.23. The van der Waals surface area contributed by atoms with Crippen LogP contribution in [0.5, 0.6) is 0 Å². The molecule has 0 aliphatic carbocycles. The molecule has 1 aliphatic rings. The first-order chi connectivity index (χ1) is 12.2. The quantitative estimate of drug-likeness (QED) is 0.826. The average Bonchev–Trinajstić information content (AvgIpc) is 3.17. The van der Waals surface area contributed by atoms with E-state index in [1.54, 1.807) is 18.6 Å². The Morgan fingerprint density at radius 1 is 1.20 bits per heavy atom. The number of aromatic nitrogens is 2. The maximum Gasteiger partial charge on any atom is 0.220 e. The molecule has 1 aromatic carbocycles. The number of benzene rings is 1. The Bertz CT molecular complexity index is 672. The van der Waals surface area contributed by atoms with Gasteiger partial charge >= 0.3 is 0 Å². The number of amides is 1. The number of aryl methyl sites for hydroxylation is 1. The Morgan fingerprint density at radius 3 is 2.64 bits per heavy atom. The highest BCUT2D eigenvalue weighted by Crippen LogP contribution is 2.25. The lowest BCUT2D eigenvalue weighted by Crippen LogP contribution is -2.36. The number of halogens is 1. The van der Waals surface area contributed by atoms with Crippen molar-refractivity contribution in [3.8, 4) is 0 Å². The Morgan fingerprint density at radius 2 is 1.96 bits per heavy atom. The van der Waals surface area contributed by atoms with E-state index in [1.807, 2.05) is 12.1 Å². The fourth-order valence-electron chi connectivity index (χ4n) is 3.20. The molecule has 1 N–H and O–H groups in total. The summed E-state index contributed by atoms with van der Waals surface area (Å²) in [6.45, 7) is 2.76.